The van der Waals surface area contributed by atoms with Crippen molar-refractivity contribution < 1.29 is 49.0 Å². The third-order valence-corrected chi connectivity index (χ3v) is 10.3. The molecule has 1 aliphatic heterocycles. The van der Waals surface area contributed by atoms with Crippen LogP contribution in [-0.4, -0.2) is 89.0 Å². The molecule has 10 heteroatoms. The fourth-order valence-corrected chi connectivity index (χ4v) is 6.63. The van der Waals surface area contributed by atoms with Crippen LogP contribution in [0.4, 0.5) is 0 Å². The van der Waals surface area contributed by atoms with E-state index in [0.717, 1.165) is 57.8 Å². The molecule has 0 spiro atoms. The van der Waals surface area contributed by atoms with E-state index in [1.165, 1.54) is 70.6 Å². The lowest BCUT2D eigenvalue weighted by Gasteiger charge is -2.39. The van der Waals surface area contributed by atoms with Crippen LogP contribution >= 0.6 is 0 Å². The fraction of sp³-hybridized carbons (Fsp3) is 0.720. The maximum atomic E-state index is 12.8. The maximum Gasteiger partial charge on any atom is 0.306 e. The average Bonchev–Trinajstić information content (AvgIpc) is 3.25. The molecule has 0 aliphatic carbocycles. The molecule has 1 aliphatic rings. The topological polar surface area (TPSA) is 152 Å². The Bertz CT molecular complexity index is 1210. The molecule has 6 atom stereocenters. The fourth-order valence-electron chi connectivity index (χ4n) is 6.63. The van der Waals surface area contributed by atoms with E-state index in [4.69, 9.17) is 18.9 Å². The third kappa shape index (κ3) is 31.1. The van der Waals surface area contributed by atoms with Gasteiger partial charge in [-0.3, -0.25) is 9.59 Å². The standard InChI is InChI=1S/C50H84O10/c1-3-5-7-9-11-13-15-17-19-21-23-24-26-28-30-32-34-36-38-45(52)57-41-43(42-58-50-49(56)48(55)47(54)44(40-51)60-50)59-46(53)39-37-35-33-31-29-27-25-22-20-18-16-14-12-10-8-6-4-2/h6,8,12,14,18-21,25,27,31,33,43-44,47-51,54-56H,3-5,7,9-11,13,15-17,22-24,26,28-30,32,34-42H2,1-2H3/b8-6-,14-12-,20-18-,21-19-,27-25-,33-31-. The largest absolute Gasteiger partial charge is 0.462 e. The maximum absolute atomic E-state index is 12.8. The molecule has 0 aromatic rings. The van der Waals surface area contributed by atoms with Gasteiger partial charge < -0.3 is 39.4 Å². The SMILES string of the molecule is CC/C=C\C/C=C\C/C=C\C/C=C\C/C=C\CCCC(=O)OC(COC(=O)CCCCCCCCC/C=C\CCCCCCCCC)COC1OC(CO)C(O)C(O)C1O. The zero-order valence-electron chi connectivity index (χ0n) is 37.4. The van der Waals surface area contributed by atoms with E-state index in [0.29, 0.717) is 19.3 Å². The summed E-state index contributed by atoms with van der Waals surface area (Å²) < 4.78 is 22.1. The van der Waals surface area contributed by atoms with Gasteiger partial charge in [-0.2, -0.15) is 0 Å². The van der Waals surface area contributed by atoms with Crippen LogP contribution in [0.2, 0.25) is 0 Å². The van der Waals surface area contributed by atoms with E-state index in [2.05, 4.69) is 80.7 Å². The van der Waals surface area contributed by atoms with Gasteiger partial charge in [-0.15, -0.1) is 0 Å². The van der Waals surface area contributed by atoms with Crippen molar-refractivity contribution in [1.29, 1.82) is 0 Å². The predicted octanol–water partition coefficient (Wildman–Crippen LogP) is 10.4. The number of esters is 2. The van der Waals surface area contributed by atoms with E-state index in [1.807, 2.05) is 6.08 Å². The number of ether oxygens (including phenoxy) is 4. The molecule has 1 fully saturated rings. The molecule has 4 N–H and O–H groups in total. The molecule has 0 aromatic carbocycles. The quantitative estimate of drug-likeness (QED) is 0.0268. The number of carbonyl (C=O) groups is 2. The zero-order chi connectivity index (χ0) is 43.7. The highest BCUT2D eigenvalue weighted by molar-refractivity contribution is 5.70. The van der Waals surface area contributed by atoms with Crippen LogP contribution in [0.25, 0.3) is 0 Å². The Morgan fingerprint density at radius 2 is 1.00 bits per heavy atom. The van der Waals surface area contributed by atoms with Gasteiger partial charge in [-0.05, 0) is 77.0 Å². The van der Waals surface area contributed by atoms with Crippen molar-refractivity contribution >= 4 is 11.9 Å². The van der Waals surface area contributed by atoms with Gasteiger partial charge in [-0.25, -0.2) is 0 Å². The van der Waals surface area contributed by atoms with Crippen LogP contribution in [0.3, 0.4) is 0 Å². The lowest BCUT2D eigenvalue weighted by atomic mass is 9.99. The first-order valence-corrected chi connectivity index (χ1v) is 23.5. The van der Waals surface area contributed by atoms with Crippen molar-refractivity contribution in [2.45, 2.75) is 211 Å². The molecule has 0 radical (unpaired) electrons. The van der Waals surface area contributed by atoms with Crippen LogP contribution < -0.4 is 0 Å². The first-order valence-electron chi connectivity index (χ1n) is 23.5. The second-order valence-corrected chi connectivity index (χ2v) is 15.8. The minimum Gasteiger partial charge on any atom is -0.462 e. The van der Waals surface area contributed by atoms with Crippen molar-refractivity contribution in [3.63, 3.8) is 0 Å². The number of unbranched alkanes of at least 4 members (excludes halogenated alkanes) is 15. The second-order valence-electron chi connectivity index (χ2n) is 15.8. The Labute approximate surface area is 363 Å². The molecule has 60 heavy (non-hydrogen) atoms. The van der Waals surface area contributed by atoms with Crippen molar-refractivity contribution in [3.8, 4) is 0 Å². The average molecular weight is 845 g/mol. The van der Waals surface area contributed by atoms with Gasteiger partial charge >= 0.3 is 11.9 Å². The van der Waals surface area contributed by atoms with E-state index in [9.17, 15) is 30.0 Å². The minimum absolute atomic E-state index is 0.148. The molecule has 344 valence electrons. The lowest BCUT2D eigenvalue weighted by molar-refractivity contribution is -0.305. The van der Waals surface area contributed by atoms with Crippen molar-refractivity contribution in [1.82, 2.24) is 0 Å². The molecule has 0 amide bonds. The molecule has 0 saturated carbocycles. The number of allylic oxidation sites excluding steroid dienone is 12. The van der Waals surface area contributed by atoms with Crippen LogP contribution in [0.15, 0.2) is 72.9 Å². The molecule has 1 saturated heterocycles. The summed E-state index contributed by atoms with van der Waals surface area (Å²) in [7, 11) is 0. The molecule has 1 heterocycles. The number of hydrogen-bond acceptors (Lipinski definition) is 10. The van der Waals surface area contributed by atoms with Gasteiger partial charge in [0.1, 0.15) is 31.0 Å². The summed E-state index contributed by atoms with van der Waals surface area (Å²) in [5.74, 6) is -0.883. The first kappa shape index (κ1) is 55.2. The number of rotatable bonds is 38. The normalized spacial score (nSPS) is 20.5. The van der Waals surface area contributed by atoms with E-state index < -0.39 is 55.4 Å². The molecule has 1 rings (SSSR count). The number of hydrogen-bond donors (Lipinski definition) is 4. The first-order chi connectivity index (χ1) is 29.3. The summed E-state index contributed by atoms with van der Waals surface area (Å²) in [5.41, 5.74) is 0. The number of carbonyl (C=O) groups excluding carboxylic acids is 2. The Hall–Kier alpha value is -2.86. The van der Waals surface area contributed by atoms with Crippen LogP contribution in [0.5, 0.6) is 0 Å². The van der Waals surface area contributed by atoms with Crippen molar-refractivity contribution in [3.05, 3.63) is 72.9 Å². The molecule has 0 aromatic heterocycles. The van der Waals surface area contributed by atoms with E-state index >= 15 is 0 Å². The minimum atomic E-state index is -1.61. The number of aliphatic hydroxyl groups excluding tert-OH is 4. The third-order valence-electron chi connectivity index (χ3n) is 10.3. The Balaban J connectivity index is 2.36. The van der Waals surface area contributed by atoms with Gasteiger partial charge in [0, 0.05) is 12.8 Å². The Kier molecular flexibility index (Phi) is 37.0. The summed E-state index contributed by atoms with van der Waals surface area (Å²) in [6.45, 7) is 3.24. The van der Waals surface area contributed by atoms with Gasteiger partial charge in [-0.1, -0.05) is 157 Å². The summed E-state index contributed by atoms with van der Waals surface area (Å²) in [5, 5.41) is 40.1. The Morgan fingerprint density at radius 3 is 1.55 bits per heavy atom. The highest BCUT2D eigenvalue weighted by Crippen LogP contribution is 2.22. The molecule has 6 unspecified atom stereocenters. The van der Waals surface area contributed by atoms with Crippen LogP contribution in [0.1, 0.15) is 174 Å². The van der Waals surface area contributed by atoms with Gasteiger partial charge in [0.25, 0.3) is 0 Å². The summed E-state index contributed by atoms with van der Waals surface area (Å²) in [6, 6.07) is 0. The summed E-state index contributed by atoms with van der Waals surface area (Å²) >= 11 is 0. The van der Waals surface area contributed by atoms with Crippen molar-refractivity contribution in [2.24, 2.45) is 0 Å². The van der Waals surface area contributed by atoms with Crippen LogP contribution in [0, 0.1) is 0 Å². The summed E-state index contributed by atoms with van der Waals surface area (Å²) in [6.07, 6.45) is 43.4. The lowest BCUT2D eigenvalue weighted by Crippen LogP contribution is -2.59. The Morgan fingerprint density at radius 1 is 0.533 bits per heavy atom. The van der Waals surface area contributed by atoms with Gasteiger partial charge in [0.05, 0.1) is 13.2 Å². The highest BCUT2D eigenvalue weighted by atomic mass is 16.7. The monoisotopic (exact) mass is 845 g/mol. The van der Waals surface area contributed by atoms with Gasteiger partial charge in [0.15, 0.2) is 12.4 Å². The molecule has 0 bridgehead atoms. The smallest absolute Gasteiger partial charge is 0.306 e. The van der Waals surface area contributed by atoms with Crippen LogP contribution in [-0.2, 0) is 28.5 Å². The van der Waals surface area contributed by atoms with E-state index in [1.54, 1.807) is 0 Å². The predicted molar refractivity (Wildman–Crippen MR) is 242 cm³/mol. The second kappa shape index (κ2) is 40.2. The zero-order valence-corrected chi connectivity index (χ0v) is 37.4. The number of aliphatic hydroxyl groups is 4. The molecule has 10 nitrogen and oxygen atoms in total. The van der Waals surface area contributed by atoms with Gasteiger partial charge in [0.2, 0.25) is 0 Å². The molecular weight excluding hydrogens is 761 g/mol. The molecular formula is C50H84O10. The van der Waals surface area contributed by atoms with E-state index in [-0.39, 0.29) is 26.1 Å². The highest BCUT2D eigenvalue weighted by Gasteiger charge is 2.44. The summed E-state index contributed by atoms with van der Waals surface area (Å²) in [4.78, 5) is 25.4. The van der Waals surface area contributed by atoms with Crippen molar-refractivity contribution in [2.75, 3.05) is 19.8 Å².